The summed E-state index contributed by atoms with van der Waals surface area (Å²) in [6.45, 7) is 8.18. The molecule has 1 saturated heterocycles. The molecule has 1 aliphatic carbocycles. The Morgan fingerprint density at radius 3 is 2.33 bits per heavy atom. The molecule has 0 spiro atoms. The molecule has 0 aromatic carbocycles. The van der Waals surface area contributed by atoms with E-state index in [9.17, 15) is 0 Å². The lowest BCUT2D eigenvalue weighted by Crippen LogP contribution is -2.46. The number of rotatable bonds is 4. The fourth-order valence-corrected chi connectivity index (χ4v) is 3.13. The smallest absolute Gasteiger partial charge is 0.0246 e. The van der Waals surface area contributed by atoms with Gasteiger partial charge in [-0.15, -0.1) is 0 Å². The third-order valence-corrected chi connectivity index (χ3v) is 4.60. The second-order valence-electron chi connectivity index (χ2n) is 5.78. The maximum atomic E-state index is 5.94. The van der Waals surface area contributed by atoms with Crippen LogP contribution in [0.5, 0.6) is 0 Å². The minimum Gasteiger partial charge on any atom is -0.329 e. The summed E-state index contributed by atoms with van der Waals surface area (Å²) in [6.07, 6.45) is 5.67. The summed E-state index contributed by atoms with van der Waals surface area (Å²) in [7, 11) is 0. The van der Waals surface area contributed by atoms with E-state index >= 15 is 0 Å². The van der Waals surface area contributed by atoms with Gasteiger partial charge in [-0.05, 0) is 43.6 Å². The summed E-state index contributed by atoms with van der Waals surface area (Å²) in [5.41, 5.74) is 5.94. The van der Waals surface area contributed by atoms with Gasteiger partial charge >= 0.3 is 0 Å². The van der Waals surface area contributed by atoms with E-state index < -0.39 is 0 Å². The predicted octanol–water partition coefficient (Wildman–Crippen LogP) is 2.09. The summed E-state index contributed by atoms with van der Waals surface area (Å²) in [4.78, 5) is 2.68. The van der Waals surface area contributed by atoms with Gasteiger partial charge in [-0.1, -0.05) is 20.3 Å². The topological polar surface area (TPSA) is 29.3 Å². The Morgan fingerprint density at radius 1 is 1.20 bits per heavy atom. The molecule has 0 radical (unpaired) electrons. The van der Waals surface area contributed by atoms with E-state index in [-0.39, 0.29) is 0 Å². The number of nitrogens with two attached hydrogens (primary N) is 1. The zero-order valence-corrected chi connectivity index (χ0v) is 10.3. The second kappa shape index (κ2) is 4.84. The van der Waals surface area contributed by atoms with Crippen molar-refractivity contribution in [3.05, 3.63) is 0 Å². The highest BCUT2D eigenvalue weighted by atomic mass is 15.2. The van der Waals surface area contributed by atoms with Gasteiger partial charge in [0.05, 0.1) is 0 Å². The van der Waals surface area contributed by atoms with Crippen molar-refractivity contribution in [3.63, 3.8) is 0 Å². The molecular weight excluding hydrogens is 184 g/mol. The summed E-state index contributed by atoms with van der Waals surface area (Å²) in [5, 5.41) is 0. The Hall–Kier alpha value is -0.0800. The molecule has 15 heavy (non-hydrogen) atoms. The van der Waals surface area contributed by atoms with Crippen LogP contribution in [0.15, 0.2) is 0 Å². The molecule has 1 saturated carbocycles. The number of nitrogens with zero attached hydrogens (tertiary/aromatic N) is 1. The minimum atomic E-state index is 0.697. The van der Waals surface area contributed by atoms with Crippen LogP contribution in [0.1, 0.15) is 39.5 Å². The van der Waals surface area contributed by atoms with Crippen LogP contribution in [0.4, 0.5) is 0 Å². The molecule has 2 rings (SSSR count). The predicted molar refractivity (Wildman–Crippen MR) is 64.7 cm³/mol. The lowest BCUT2D eigenvalue weighted by atomic mass is 9.79. The van der Waals surface area contributed by atoms with Crippen LogP contribution >= 0.6 is 0 Å². The maximum Gasteiger partial charge on any atom is 0.0246 e. The molecule has 2 N–H and O–H groups in total. The first kappa shape index (κ1) is 11.4. The molecule has 0 amide bonds. The third-order valence-electron chi connectivity index (χ3n) is 4.60. The monoisotopic (exact) mass is 210 g/mol. The first-order chi connectivity index (χ1) is 7.22. The van der Waals surface area contributed by atoms with E-state index in [4.69, 9.17) is 5.73 Å². The van der Waals surface area contributed by atoms with E-state index in [1.165, 1.54) is 38.8 Å². The van der Waals surface area contributed by atoms with Crippen LogP contribution in [0.3, 0.4) is 0 Å². The highest BCUT2D eigenvalue weighted by Gasteiger charge is 2.35. The Balaban J connectivity index is 1.87. The van der Waals surface area contributed by atoms with Crippen molar-refractivity contribution in [2.24, 2.45) is 23.5 Å². The van der Waals surface area contributed by atoms with Gasteiger partial charge in [0, 0.05) is 19.1 Å². The van der Waals surface area contributed by atoms with Crippen LogP contribution in [0.25, 0.3) is 0 Å². The first-order valence-corrected chi connectivity index (χ1v) is 6.66. The van der Waals surface area contributed by atoms with E-state index in [1.54, 1.807) is 0 Å². The fraction of sp³-hybridized carbons (Fsp3) is 1.00. The Bertz CT molecular complexity index is 199. The fourth-order valence-electron chi connectivity index (χ4n) is 3.13. The molecule has 2 atom stereocenters. The lowest BCUT2D eigenvalue weighted by molar-refractivity contribution is 0.117. The normalized spacial score (nSPS) is 30.8. The second-order valence-corrected chi connectivity index (χ2v) is 5.78. The van der Waals surface area contributed by atoms with Crippen molar-refractivity contribution in [2.45, 2.75) is 45.6 Å². The summed E-state index contributed by atoms with van der Waals surface area (Å²) < 4.78 is 0. The molecule has 2 unspecified atom stereocenters. The van der Waals surface area contributed by atoms with Crippen molar-refractivity contribution < 1.29 is 0 Å². The van der Waals surface area contributed by atoms with E-state index in [0.717, 1.165) is 24.3 Å². The van der Waals surface area contributed by atoms with Gasteiger partial charge in [0.2, 0.25) is 0 Å². The van der Waals surface area contributed by atoms with E-state index in [0.29, 0.717) is 6.04 Å². The van der Waals surface area contributed by atoms with E-state index in [2.05, 4.69) is 18.7 Å². The van der Waals surface area contributed by atoms with Crippen LogP contribution in [-0.4, -0.2) is 30.6 Å². The van der Waals surface area contributed by atoms with Gasteiger partial charge in [0.25, 0.3) is 0 Å². The molecule has 1 heterocycles. The summed E-state index contributed by atoms with van der Waals surface area (Å²) in [5.74, 6) is 2.68. The SMILES string of the molecule is CC(C)C1CCN(C(CN)C2CCC2)C1. The van der Waals surface area contributed by atoms with Gasteiger partial charge in [0.1, 0.15) is 0 Å². The first-order valence-electron chi connectivity index (χ1n) is 6.66. The van der Waals surface area contributed by atoms with Gasteiger partial charge < -0.3 is 5.73 Å². The van der Waals surface area contributed by atoms with Crippen molar-refractivity contribution in [2.75, 3.05) is 19.6 Å². The summed E-state index contributed by atoms with van der Waals surface area (Å²) >= 11 is 0. The maximum absolute atomic E-state index is 5.94. The highest BCUT2D eigenvalue weighted by molar-refractivity contribution is 4.90. The molecule has 88 valence electrons. The molecular formula is C13H26N2. The van der Waals surface area contributed by atoms with Crippen molar-refractivity contribution in [1.82, 2.24) is 4.90 Å². The molecule has 2 aliphatic rings. The quantitative estimate of drug-likeness (QED) is 0.770. The van der Waals surface area contributed by atoms with Gasteiger partial charge in [-0.25, -0.2) is 0 Å². The molecule has 0 bridgehead atoms. The Kier molecular flexibility index (Phi) is 3.68. The molecule has 0 aromatic rings. The number of likely N-dealkylation sites (tertiary alicyclic amines) is 1. The molecule has 2 nitrogen and oxygen atoms in total. The summed E-state index contributed by atoms with van der Waals surface area (Å²) in [6, 6.07) is 0.697. The molecule has 2 heteroatoms. The van der Waals surface area contributed by atoms with Crippen LogP contribution in [-0.2, 0) is 0 Å². The highest BCUT2D eigenvalue weighted by Crippen LogP contribution is 2.35. The van der Waals surface area contributed by atoms with E-state index in [1.807, 2.05) is 0 Å². The Morgan fingerprint density at radius 2 is 1.93 bits per heavy atom. The molecule has 1 aliphatic heterocycles. The zero-order valence-electron chi connectivity index (χ0n) is 10.3. The van der Waals surface area contributed by atoms with Crippen LogP contribution in [0, 0.1) is 17.8 Å². The standard InChI is InChI=1S/C13H26N2/c1-10(2)12-6-7-15(9-12)13(8-14)11-4-3-5-11/h10-13H,3-9,14H2,1-2H3. The molecule has 2 fully saturated rings. The van der Waals surface area contributed by atoms with Gasteiger partial charge in [-0.2, -0.15) is 0 Å². The zero-order chi connectivity index (χ0) is 10.8. The lowest BCUT2D eigenvalue weighted by Gasteiger charge is -2.39. The average Bonchev–Trinajstić information content (AvgIpc) is 2.59. The molecule has 0 aromatic heterocycles. The van der Waals surface area contributed by atoms with Crippen molar-refractivity contribution >= 4 is 0 Å². The third kappa shape index (κ3) is 2.36. The van der Waals surface area contributed by atoms with Crippen molar-refractivity contribution in [3.8, 4) is 0 Å². The minimum absolute atomic E-state index is 0.697. The van der Waals surface area contributed by atoms with Gasteiger partial charge in [-0.3, -0.25) is 4.90 Å². The average molecular weight is 210 g/mol. The number of hydrogen-bond donors (Lipinski definition) is 1. The Labute approximate surface area is 94.2 Å². The number of hydrogen-bond acceptors (Lipinski definition) is 2. The van der Waals surface area contributed by atoms with Gasteiger partial charge in [0.15, 0.2) is 0 Å². The van der Waals surface area contributed by atoms with Crippen molar-refractivity contribution in [1.29, 1.82) is 0 Å². The van der Waals surface area contributed by atoms with Crippen LogP contribution < -0.4 is 5.73 Å². The largest absolute Gasteiger partial charge is 0.329 e. The van der Waals surface area contributed by atoms with Crippen LogP contribution in [0.2, 0.25) is 0 Å².